The summed E-state index contributed by atoms with van der Waals surface area (Å²) in [6, 6.07) is 3.79. The number of carbonyl (C=O) groups is 3. The molecule has 0 bridgehead atoms. The number of carbonyl (C=O) groups excluding carboxylic acids is 3. The maximum absolute atomic E-state index is 12.3. The van der Waals surface area contributed by atoms with Crippen LogP contribution in [-0.2, 0) is 14.3 Å². The fourth-order valence-corrected chi connectivity index (χ4v) is 3.81. The van der Waals surface area contributed by atoms with E-state index < -0.39 is 17.9 Å². The van der Waals surface area contributed by atoms with Crippen LogP contribution in [0, 0.1) is 0 Å². The lowest BCUT2D eigenvalue weighted by Crippen LogP contribution is -2.41. The molecule has 1 aromatic heterocycles. The third kappa shape index (κ3) is 6.33. The van der Waals surface area contributed by atoms with Gasteiger partial charge in [0, 0.05) is 0 Å². The Morgan fingerprint density at radius 1 is 1.29 bits per heavy atom. The molecule has 0 aliphatic heterocycles. The van der Waals surface area contributed by atoms with Gasteiger partial charge in [-0.05, 0) is 26.0 Å². The molecular formula is C16H16Cl2N4O4S2. The second-order valence-electron chi connectivity index (χ2n) is 5.25. The van der Waals surface area contributed by atoms with Gasteiger partial charge in [0.1, 0.15) is 6.04 Å². The van der Waals surface area contributed by atoms with Crippen molar-refractivity contribution in [2.75, 3.05) is 17.7 Å². The van der Waals surface area contributed by atoms with Crippen LogP contribution in [0.1, 0.15) is 24.2 Å². The lowest BCUT2D eigenvalue weighted by Gasteiger charge is -2.13. The Hall–Kier alpha value is -1.88. The summed E-state index contributed by atoms with van der Waals surface area (Å²) < 4.78 is 5.33. The molecule has 1 aromatic carbocycles. The molecule has 0 saturated carbocycles. The Balaban J connectivity index is 1.89. The fourth-order valence-electron chi connectivity index (χ4n) is 1.87. The van der Waals surface area contributed by atoms with Crippen LogP contribution in [0.3, 0.4) is 0 Å². The van der Waals surface area contributed by atoms with Crippen molar-refractivity contribution in [1.29, 1.82) is 0 Å². The predicted octanol–water partition coefficient (Wildman–Crippen LogP) is 3.26. The second-order valence-corrected chi connectivity index (χ2v) is 8.24. The minimum atomic E-state index is -0.859. The number of benzene rings is 1. The molecule has 2 N–H and O–H groups in total. The zero-order valence-corrected chi connectivity index (χ0v) is 18.0. The van der Waals surface area contributed by atoms with E-state index in [9.17, 15) is 14.4 Å². The number of hydrogen-bond acceptors (Lipinski definition) is 8. The molecule has 2 amide bonds. The molecule has 1 atom stereocenters. The summed E-state index contributed by atoms with van der Waals surface area (Å²) >= 11 is 14.2. The SMILES string of the molecule is CCOC(=O)CSc1nnc(NC(=O)C(C)NC(=O)c2cccc(Cl)c2Cl)s1. The molecule has 12 heteroatoms. The Labute approximate surface area is 179 Å². The predicted molar refractivity (Wildman–Crippen MR) is 109 cm³/mol. The number of anilines is 1. The Morgan fingerprint density at radius 2 is 2.04 bits per heavy atom. The minimum absolute atomic E-state index is 0.100. The van der Waals surface area contributed by atoms with Crippen molar-refractivity contribution < 1.29 is 19.1 Å². The summed E-state index contributed by atoms with van der Waals surface area (Å²) in [5, 5.41) is 13.4. The first kappa shape index (κ1) is 22.4. The monoisotopic (exact) mass is 462 g/mol. The van der Waals surface area contributed by atoms with Crippen molar-refractivity contribution >= 4 is 69.2 Å². The number of aromatic nitrogens is 2. The molecule has 0 radical (unpaired) electrons. The van der Waals surface area contributed by atoms with Gasteiger partial charge in [0.15, 0.2) is 4.34 Å². The van der Waals surface area contributed by atoms with Crippen LogP contribution in [0.25, 0.3) is 0 Å². The van der Waals surface area contributed by atoms with E-state index in [0.29, 0.717) is 10.9 Å². The molecule has 0 saturated heterocycles. The van der Waals surface area contributed by atoms with E-state index >= 15 is 0 Å². The molecule has 2 aromatic rings. The number of halogens is 2. The standard InChI is InChI=1S/C16H16Cl2N4O4S2/c1-3-26-11(23)7-27-16-22-21-15(28-16)20-13(24)8(2)19-14(25)9-5-4-6-10(17)12(9)18/h4-6,8H,3,7H2,1-2H3,(H,19,25)(H,20,21,24). The molecule has 1 unspecified atom stereocenters. The van der Waals surface area contributed by atoms with Gasteiger partial charge in [0.2, 0.25) is 11.0 Å². The number of thioether (sulfide) groups is 1. The van der Waals surface area contributed by atoms with E-state index in [4.69, 9.17) is 27.9 Å². The number of rotatable bonds is 8. The quantitative estimate of drug-likeness (QED) is 0.351. The number of ether oxygens (including phenoxy) is 1. The van der Waals surface area contributed by atoms with Crippen LogP contribution in [0.2, 0.25) is 10.0 Å². The summed E-state index contributed by atoms with van der Waals surface area (Å²) in [5.41, 5.74) is 0.169. The normalized spacial score (nSPS) is 11.6. The third-order valence-corrected chi connectivity index (χ3v) is 5.96. The van der Waals surface area contributed by atoms with Crippen molar-refractivity contribution in [1.82, 2.24) is 15.5 Å². The first-order chi connectivity index (χ1) is 13.3. The Morgan fingerprint density at radius 3 is 2.75 bits per heavy atom. The second kappa shape index (κ2) is 10.6. The zero-order chi connectivity index (χ0) is 20.7. The average Bonchev–Trinajstić information content (AvgIpc) is 3.09. The van der Waals surface area contributed by atoms with Gasteiger partial charge in [0.05, 0.1) is 28.0 Å². The van der Waals surface area contributed by atoms with Crippen molar-refractivity contribution in [3.05, 3.63) is 33.8 Å². The van der Waals surface area contributed by atoms with Crippen LogP contribution in [0.15, 0.2) is 22.5 Å². The van der Waals surface area contributed by atoms with Gasteiger partial charge in [-0.1, -0.05) is 52.4 Å². The maximum Gasteiger partial charge on any atom is 0.316 e. The van der Waals surface area contributed by atoms with Gasteiger partial charge in [-0.3, -0.25) is 19.7 Å². The number of nitrogens with zero attached hydrogens (tertiary/aromatic N) is 2. The van der Waals surface area contributed by atoms with Crippen LogP contribution >= 0.6 is 46.3 Å². The van der Waals surface area contributed by atoms with Gasteiger partial charge in [-0.2, -0.15) is 0 Å². The largest absolute Gasteiger partial charge is 0.465 e. The number of amides is 2. The highest BCUT2D eigenvalue weighted by atomic mass is 35.5. The van der Waals surface area contributed by atoms with Crippen molar-refractivity contribution in [2.24, 2.45) is 0 Å². The number of hydrogen-bond donors (Lipinski definition) is 2. The van der Waals surface area contributed by atoms with E-state index in [-0.39, 0.29) is 32.5 Å². The molecular weight excluding hydrogens is 447 g/mol. The first-order valence-corrected chi connectivity index (χ1v) is 10.5. The Bertz CT molecular complexity index is 878. The minimum Gasteiger partial charge on any atom is -0.465 e. The number of nitrogens with one attached hydrogen (secondary N) is 2. The van der Waals surface area contributed by atoms with Gasteiger partial charge < -0.3 is 10.1 Å². The molecule has 0 aliphatic carbocycles. The highest BCUT2D eigenvalue weighted by Gasteiger charge is 2.20. The van der Waals surface area contributed by atoms with Crippen LogP contribution in [-0.4, -0.2) is 46.4 Å². The van der Waals surface area contributed by atoms with E-state index in [2.05, 4.69) is 20.8 Å². The fraction of sp³-hybridized carbons (Fsp3) is 0.312. The molecule has 150 valence electrons. The molecule has 0 aliphatic rings. The summed E-state index contributed by atoms with van der Waals surface area (Å²) in [5.74, 6) is -1.27. The summed E-state index contributed by atoms with van der Waals surface area (Å²) in [6.07, 6.45) is 0. The van der Waals surface area contributed by atoms with Gasteiger partial charge in [0.25, 0.3) is 5.91 Å². The molecule has 8 nitrogen and oxygen atoms in total. The highest BCUT2D eigenvalue weighted by Crippen LogP contribution is 2.26. The van der Waals surface area contributed by atoms with E-state index in [1.165, 1.54) is 13.0 Å². The van der Waals surface area contributed by atoms with Crippen molar-refractivity contribution in [3.63, 3.8) is 0 Å². The lowest BCUT2D eigenvalue weighted by atomic mass is 10.2. The highest BCUT2D eigenvalue weighted by molar-refractivity contribution is 8.01. The van der Waals surface area contributed by atoms with Gasteiger partial charge in [-0.15, -0.1) is 10.2 Å². The summed E-state index contributed by atoms with van der Waals surface area (Å²) in [7, 11) is 0. The summed E-state index contributed by atoms with van der Waals surface area (Å²) in [6.45, 7) is 3.55. The maximum atomic E-state index is 12.3. The average molecular weight is 463 g/mol. The van der Waals surface area contributed by atoms with Crippen molar-refractivity contribution in [2.45, 2.75) is 24.2 Å². The van der Waals surface area contributed by atoms with Crippen LogP contribution in [0.5, 0.6) is 0 Å². The topological polar surface area (TPSA) is 110 Å². The molecule has 0 fully saturated rings. The third-order valence-electron chi connectivity index (χ3n) is 3.19. The molecule has 28 heavy (non-hydrogen) atoms. The lowest BCUT2D eigenvalue weighted by molar-refractivity contribution is -0.139. The van der Waals surface area contributed by atoms with Crippen molar-refractivity contribution in [3.8, 4) is 0 Å². The van der Waals surface area contributed by atoms with Crippen LogP contribution in [0.4, 0.5) is 5.13 Å². The number of esters is 1. The van der Waals surface area contributed by atoms with E-state index in [0.717, 1.165) is 23.1 Å². The van der Waals surface area contributed by atoms with Gasteiger partial charge >= 0.3 is 5.97 Å². The van der Waals surface area contributed by atoms with Gasteiger partial charge in [-0.25, -0.2) is 0 Å². The zero-order valence-electron chi connectivity index (χ0n) is 14.8. The first-order valence-electron chi connectivity index (χ1n) is 7.99. The summed E-state index contributed by atoms with van der Waals surface area (Å²) in [4.78, 5) is 35.9. The molecule has 2 rings (SSSR count). The van der Waals surface area contributed by atoms with Crippen LogP contribution < -0.4 is 10.6 Å². The molecule has 1 heterocycles. The Kier molecular flexibility index (Phi) is 8.49. The molecule has 0 spiro atoms. The smallest absolute Gasteiger partial charge is 0.316 e. The van der Waals surface area contributed by atoms with E-state index in [1.54, 1.807) is 19.1 Å². The van der Waals surface area contributed by atoms with E-state index in [1.807, 2.05) is 0 Å².